The van der Waals surface area contributed by atoms with Crippen molar-refractivity contribution in [2.75, 3.05) is 12.0 Å². The molecule has 0 fully saturated rings. The molecule has 3 rings (SSSR count). The third kappa shape index (κ3) is 3.12. The topological polar surface area (TPSA) is 85.0 Å². The van der Waals surface area contributed by atoms with Gasteiger partial charge in [0.05, 0.1) is 23.8 Å². The molecular formula is C18H15N3O4. The molecule has 2 aromatic rings. The van der Waals surface area contributed by atoms with Gasteiger partial charge >= 0.3 is 0 Å². The molecule has 0 aliphatic carbocycles. The van der Waals surface area contributed by atoms with Gasteiger partial charge in [-0.2, -0.15) is 0 Å². The molecule has 1 heterocycles. The summed E-state index contributed by atoms with van der Waals surface area (Å²) >= 11 is 0. The highest BCUT2D eigenvalue weighted by atomic mass is 16.6. The van der Waals surface area contributed by atoms with Gasteiger partial charge in [0, 0.05) is 6.07 Å². The lowest BCUT2D eigenvalue weighted by molar-refractivity contribution is -0.384. The number of nitrogens with zero attached hydrogens (tertiary/aromatic N) is 3. The van der Waals surface area contributed by atoms with Crippen molar-refractivity contribution in [3.63, 3.8) is 0 Å². The van der Waals surface area contributed by atoms with E-state index in [1.807, 2.05) is 30.3 Å². The van der Waals surface area contributed by atoms with Gasteiger partial charge in [0.15, 0.2) is 0 Å². The highest BCUT2D eigenvalue weighted by molar-refractivity contribution is 6.28. The quantitative estimate of drug-likeness (QED) is 0.486. The number of rotatable bonds is 4. The first-order chi connectivity index (χ1) is 12.0. The van der Waals surface area contributed by atoms with E-state index in [9.17, 15) is 14.9 Å². The van der Waals surface area contributed by atoms with Gasteiger partial charge in [-0.05, 0) is 24.6 Å². The largest absolute Gasteiger partial charge is 0.494 e. The maximum absolute atomic E-state index is 12.8. The zero-order chi connectivity index (χ0) is 18.0. The van der Waals surface area contributed by atoms with Crippen LogP contribution < -0.4 is 9.64 Å². The van der Waals surface area contributed by atoms with Crippen LogP contribution in [-0.4, -0.2) is 23.8 Å². The maximum atomic E-state index is 12.8. The summed E-state index contributed by atoms with van der Waals surface area (Å²) in [6.07, 6.45) is 1.70. The van der Waals surface area contributed by atoms with Crippen molar-refractivity contribution in [1.82, 2.24) is 0 Å². The fourth-order valence-corrected chi connectivity index (χ4v) is 2.58. The molecule has 0 radical (unpaired) electrons. The van der Waals surface area contributed by atoms with Crippen molar-refractivity contribution in [3.8, 4) is 5.75 Å². The van der Waals surface area contributed by atoms with Crippen molar-refractivity contribution >= 4 is 29.2 Å². The third-order valence-electron chi connectivity index (χ3n) is 3.75. The average Bonchev–Trinajstić information content (AvgIpc) is 2.88. The van der Waals surface area contributed by atoms with Crippen LogP contribution in [-0.2, 0) is 4.79 Å². The Bertz CT molecular complexity index is 904. The Morgan fingerprint density at radius 1 is 1.20 bits per heavy atom. The fraction of sp³-hybridized carbons (Fsp3) is 0.111. The van der Waals surface area contributed by atoms with Gasteiger partial charge in [-0.25, -0.2) is 4.99 Å². The summed E-state index contributed by atoms with van der Waals surface area (Å²) in [5, 5.41) is 10.9. The number of carbonyl (C=O) groups is 1. The molecule has 2 aromatic carbocycles. The summed E-state index contributed by atoms with van der Waals surface area (Å²) < 4.78 is 5.23. The first-order valence-electron chi connectivity index (χ1n) is 7.50. The number of hydrogen-bond acceptors (Lipinski definition) is 5. The second-order valence-corrected chi connectivity index (χ2v) is 5.35. The number of anilines is 1. The molecule has 1 amide bonds. The molecule has 0 atom stereocenters. The molecular weight excluding hydrogens is 322 g/mol. The first kappa shape index (κ1) is 16.4. The van der Waals surface area contributed by atoms with Crippen LogP contribution in [0.5, 0.6) is 5.75 Å². The number of non-ortho nitro benzene ring substituents is 1. The van der Waals surface area contributed by atoms with Gasteiger partial charge in [0.1, 0.15) is 17.3 Å². The lowest BCUT2D eigenvalue weighted by Crippen LogP contribution is -2.30. The molecule has 1 aliphatic heterocycles. The Hall–Kier alpha value is -3.48. The summed E-state index contributed by atoms with van der Waals surface area (Å²) in [7, 11) is 1.40. The number of ether oxygens (including phenoxy) is 1. The second kappa shape index (κ2) is 6.56. The van der Waals surface area contributed by atoms with Crippen LogP contribution in [0.25, 0.3) is 6.08 Å². The molecule has 0 N–H and O–H groups in total. The van der Waals surface area contributed by atoms with E-state index in [2.05, 4.69) is 4.99 Å². The minimum absolute atomic E-state index is 0.109. The Labute approximate surface area is 144 Å². The number of amidine groups is 1. The van der Waals surface area contributed by atoms with Crippen LogP contribution in [0.3, 0.4) is 0 Å². The molecule has 7 nitrogen and oxygen atoms in total. The summed E-state index contributed by atoms with van der Waals surface area (Å²) in [5.41, 5.74) is 1.46. The molecule has 0 aromatic heterocycles. The molecule has 1 aliphatic rings. The van der Waals surface area contributed by atoms with Crippen LogP contribution in [0.15, 0.2) is 59.2 Å². The lowest BCUT2D eigenvalue weighted by atomic mass is 10.2. The van der Waals surface area contributed by atoms with Crippen molar-refractivity contribution < 1.29 is 14.5 Å². The monoisotopic (exact) mass is 337 g/mol. The number of hydrogen-bond donors (Lipinski definition) is 0. The number of nitro groups is 1. The zero-order valence-electron chi connectivity index (χ0n) is 13.7. The van der Waals surface area contributed by atoms with Crippen LogP contribution in [0.2, 0.25) is 0 Å². The SMILES string of the molecule is COc1cc([N+](=O)[O-])ccc1N1C(=O)/C(=C/c2ccccc2)N=C1C. The lowest BCUT2D eigenvalue weighted by Gasteiger charge is -2.18. The van der Waals surface area contributed by atoms with Gasteiger partial charge < -0.3 is 4.74 Å². The Balaban J connectivity index is 2.00. The Kier molecular flexibility index (Phi) is 4.30. The standard InChI is InChI=1S/C18H15N3O4/c1-12-19-15(10-13-6-4-3-5-7-13)18(22)20(12)16-9-8-14(21(23)24)11-17(16)25-2/h3-11H,1-2H3/b15-10-. The summed E-state index contributed by atoms with van der Waals surface area (Å²) in [6, 6.07) is 13.5. The van der Waals surface area contributed by atoms with E-state index in [4.69, 9.17) is 4.74 Å². The number of benzene rings is 2. The Morgan fingerprint density at radius 2 is 1.92 bits per heavy atom. The maximum Gasteiger partial charge on any atom is 0.282 e. The van der Waals surface area contributed by atoms with Crippen molar-refractivity contribution in [2.45, 2.75) is 6.92 Å². The third-order valence-corrected chi connectivity index (χ3v) is 3.75. The van der Waals surface area contributed by atoms with E-state index < -0.39 is 4.92 Å². The summed E-state index contributed by atoms with van der Waals surface area (Å²) in [5.74, 6) is 0.394. The number of carbonyl (C=O) groups excluding carboxylic acids is 1. The molecule has 0 saturated carbocycles. The van der Waals surface area contributed by atoms with Crippen molar-refractivity contribution in [2.24, 2.45) is 4.99 Å². The first-order valence-corrected chi connectivity index (χ1v) is 7.50. The van der Waals surface area contributed by atoms with Gasteiger partial charge in [-0.1, -0.05) is 30.3 Å². The smallest absolute Gasteiger partial charge is 0.282 e. The van der Waals surface area contributed by atoms with Crippen molar-refractivity contribution in [1.29, 1.82) is 0 Å². The van der Waals surface area contributed by atoms with E-state index in [1.165, 1.54) is 30.2 Å². The summed E-state index contributed by atoms with van der Waals surface area (Å²) in [6.45, 7) is 1.70. The highest BCUT2D eigenvalue weighted by Crippen LogP contribution is 2.35. The number of amides is 1. The average molecular weight is 337 g/mol. The van der Waals surface area contributed by atoms with Crippen molar-refractivity contribution in [3.05, 3.63) is 69.9 Å². The molecule has 25 heavy (non-hydrogen) atoms. The number of aliphatic imine (C=N–C) groups is 1. The van der Waals surface area contributed by atoms with Crippen LogP contribution >= 0.6 is 0 Å². The van der Waals surface area contributed by atoms with Gasteiger partial charge in [0.25, 0.3) is 11.6 Å². The van der Waals surface area contributed by atoms with E-state index in [-0.39, 0.29) is 17.3 Å². The fourth-order valence-electron chi connectivity index (χ4n) is 2.58. The molecule has 126 valence electrons. The van der Waals surface area contributed by atoms with Crippen LogP contribution in [0.1, 0.15) is 12.5 Å². The number of nitro benzene ring substituents is 1. The van der Waals surface area contributed by atoms with Gasteiger partial charge in [-0.3, -0.25) is 19.8 Å². The minimum Gasteiger partial charge on any atom is -0.494 e. The van der Waals surface area contributed by atoms with E-state index >= 15 is 0 Å². The van der Waals surface area contributed by atoms with E-state index in [0.29, 0.717) is 17.2 Å². The summed E-state index contributed by atoms with van der Waals surface area (Å²) in [4.78, 5) is 28.9. The van der Waals surface area contributed by atoms with E-state index in [1.54, 1.807) is 13.0 Å². The Morgan fingerprint density at radius 3 is 2.56 bits per heavy atom. The molecule has 0 spiro atoms. The van der Waals surface area contributed by atoms with Gasteiger partial charge in [0.2, 0.25) is 0 Å². The highest BCUT2D eigenvalue weighted by Gasteiger charge is 2.31. The second-order valence-electron chi connectivity index (χ2n) is 5.35. The predicted molar refractivity (Wildman–Crippen MR) is 94.7 cm³/mol. The van der Waals surface area contributed by atoms with E-state index in [0.717, 1.165) is 5.56 Å². The zero-order valence-corrected chi connectivity index (χ0v) is 13.7. The molecule has 0 saturated heterocycles. The molecule has 7 heteroatoms. The van der Waals surface area contributed by atoms with Gasteiger partial charge in [-0.15, -0.1) is 0 Å². The van der Waals surface area contributed by atoms with Crippen LogP contribution in [0.4, 0.5) is 11.4 Å². The number of methoxy groups -OCH3 is 1. The molecule has 0 bridgehead atoms. The van der Waals surface area contributed by atoms with Crippen LogP contribution in [0, 0.1) is 10.1 Å². The minimum atomic E-state index is -0.514. The normalized spacial score (nSPS) is 15.4. The molecule has 0 unspecified atom stereocenters. The predicted octanol–water partition coefficient (Wildman–Crippen LogP) is 3.41.